The fourth-order valence-corrected chi connectivity index (χ4v) is 3.24. The van der Waals surface area contributed by atoms with Gasteiger partial charge in [0.05, 0.1) is 11.8 Å². The topological polar surface area (TPSA) is 78.0 Å². The van der Waals surface area contributed by atoms with Crippen LogP contribution in [0, 0.1) is 19.8 Å². The summed E-state index contributed by atoms with van der Waals surface area (Å²) in [7, 11) is 0. The molecule has 0 aliphatic heterocycles. The summed E-state index contributed by atoms with van der Waals surface area (Å²) in [5.41, 5.74) is 3.14. The number of carbonyl (C=O) groups excluding carboxylic acids is 1. The highest BCUT2D eigenvalue weighted by Gasteiger charge is 2.25. The fourth-order valence-electron chi connectivity index (χ4n) is 3.24. The lowest BCUT2D eigenvalue weighted by atomic mass is 9.95. The van der Waals surface area contributed by atoms with Crippen LogP contribution in [0.3, 0.4) is 0 Å². The lowest BCUT2D eigenvalue weighted by Gasteiger charge is -2.17. The second kappa shape index (κ2) is 6.39. The van der Waals surface area contributed by atoms with E-state index in [9.17, 15) is 9.90 Å². The Balaban J connectivity index is 1.82. The Hall–Kier alpha value is -1.36. The molecule has 1 amide bonds. The van der Waals surface area contributed by atoms with Gasteiger partial charge in [-0.1, -0.05) is 13.3 Å². The first kappa shape index (κ1) is 15.0. The first-order valence-corrected chi connectivity index (χ1v) is 7.45. The van der Waals surface area contributed by atoms with Gasteiger partial charge in [0.15, 0.2) is 0 Å². The summed E-state index contributed by atoms with van der Waals surface area (Å²) in [6.45, 7) is 6.59. The largest absolute Gasteiger partial charge is 0.393 e. The quantitative estimate of drug-likeness (QED) is 0.769. The van der Waals surface area contributed by atoms with Crippen LogP contribution < -0.4 is 5.32 Å². The van der Waals surface area contributed by atoms with Crippen molar-refractivity contribution in [2.75, 3.05) is 6.54 Å². The van der Waals surface area contributed by atoms with Gasteiger partial charge < -0.3 is 10.4 Å². The van der Waals surface area contributed by atoms with E-state index in [0.29, 0.717) is 13.0 Å². The average molecular weight is 279 g/mol. The minimum absolute atomic E-state index is 0.0524. The van der Waals surface area contributed by atoms with Gasteiger partial charge in [0.1, 0.15) is 0 Å². The molecule has 5 nitrogen and oxygen atoms in total. The first-order valence-electron chi connectivity index (χ1n) is 7.45. The summed E-state index contributed by atoms with van der Waals surface area (Å²) in [4.78, 5) is 12.0. The molecule has 3 unspecified atom stereocenters. The number of aliphatic hydroxyl groups excluding tert-OH is 1. The van der Waals surface area contributed by atoms with Gasteiger partial charge in [-0.2, -0.15) is 5.10 Å². The molecule has 0 radical (unpaired) electrons. The molecule has 20 heavy (non-hydrogen) atoms. The Morgan fingerprint density at radius 1 is 1.50 bits per heavy atom. The molecule has 0 bridgehead atoms. The number of aromatic amines is 1. The second-order valence-electron chi connectivity index (χ2n) is 6.02. The van der Waals surface area contributed by atoms with Crippen molar-refractivity contribution in [1.29, 1.82) is 0 Å². The summed E-state index contributed by atoms with van der Waals surface area (Å²) < 4.78 is 0. The highest BCUT2D eigenvalue weighted by Crippen LogP contribution is 2.26. The Morgan fingerprint density at radius 2 is 2.25 bits per heavy atom. The number of amides is 1. The molecular formula is C15H25N3O2. The number of aromatic nitrogens is 2. The number of carbonyl (C=O) groups is 1. The lowest BCUT2D eigenvalue weighted by Crippen LogP contribution is -2.33. The highest BCUT2D eigenvalue weighted by molar-refractivity contribution is 5.76. The maximum Gasteiger partial charge on any atom is 0.220 e. The van der Waals surface area contributed by atoms with Crippen molar-refractivity contribution in [3.63, 3.8) is 0 Å². The number of nitrogens with one attached hydrogen (secondary N) is 2. The van der Waals surface area contributed by atoms with Gasteiger partial charge in [-0.15, -0.1) is 0 Å². The van der Waals surface area contributed by atoms with Crippen molar-refractivity contribution in [1.82, 2.24) is 15.5 Å². The lowest BCUT2D eigenvalue weighted by molar-refractivity contribution is -0.121. The molecule has 1 aliphatic rings. The van der Waals surface area contributed by atoms with Gasteiger partial charge in [0.25, 0.3) is 0 Å². The number of aliphatic hydroxyl groups is 1. The van der Waals surface area contributed by atoms with Crippen LogP contribution in [-0.2, 0) is 4.79 Å². The molecule has 1 aromatic heterocycles. The SMILES string of the molecule is Cc1n[nH]c(C)c1C(C)CC(=O)NCC1CCCC1O. The molecule has 1 aliphatic carbocycles. The monoisotopic (exact) mass is 279 g/mol. The predicted molar refractivity (Wildman–Crippen MR) is 77.5 cm³/mol. The Kier molecular flexibility index (Phi) is 4.81. The molecule has 1 saturated carbocycles. The Labute approximate surface area is 120 Å². The molecule has 1 heterocycles. The summed E-state index contributed by atoms with van der Waals surface area (Å²) in [6.07, 6.45) is 3.16. The van der Waals surface area contributed by atoms with Crippen molar-refractivity contribution in [3.05, 3.63) is 17.0 Å². The fraction of sp³-hybridized carbons (Fsp3) is 0.733. The number of aryl methyl sites for hydroxylation is 2. The maximum atomic E-state index is 12.0. The third-order valence-electron chi connectivity index (χ3n) is 4.35. The smallest absolute Gasteiger partial charge is 0.220 e. The van der Waals surface area contributed by atoms with Crippen LogP contribution in [-0.4, -0.2) is 33.9 Å². The molecule has 2 rings (SSSR count). The summed E-state index contributed by atoms with van der Waals surface area (Å²) in [6, 6.07) is 0. The Bertz CT molecular complexity index is 450. The van der Waals surface area contributed by atoms with Crippen molar-refractivity contribution in [2.24, 2.45) is 5.92 Å². The predicted octanol–water partition coefficient (Wildman–Crippen LogP) is 1.80. The molecule has 1 aromatic rings. The van der Waals surface area contributed by atoms with E-state index in [2.05, 4.69) is 22.4 Å². The first-order chi connectivity index (χ1) is 9.49. The standard InChI is InChI=1S/C15H25N3O2/c1-9(15-10(2)17-18-11(15)3)7-14(20)16-8-12-5-4-6-13(12)19/h9,12-13,19H,4-8H2,1-3H3,(H,16,20)(H,17,18). The zero-order chi connectivity index (χ0) is 14.7. The van der Waals surface area contributed by atoms with Crippen molar-refractivity contribution >= 4 is 5.91 Å². The summed E-state index contributed by atoms with van der Waals surface area (Å²) >= 11 is 0. The Morgan fingerprint density at radius 3 is 2.80 bits per heavy atom. The van der Waals surface area contributed by atoms with E-state index in [1.807, 2.05) is 13.8 Å². The van der Waals surface area contributed by atoms with Gasteiger partial charge in [-0.3, -0.25) is 9.89 Å². The second-order valence-corrected chi connectivity index (χ2v) is 6.02. The molecule has 3 N–H and O–H groups in total. The number of nitrogens with zero attached hydrogens (tertiary/aromatic N) is 1. The van der Waals surface area contributed by atoms with Crippen LogP contribution in [0.15, 0.2) is 0 Å². The molecule has 0 spiro atoms. The molecule has 112 valence electrons. The third kappa shape index (κ3) is 3.39. The highest BCUT2D eigenvalue weighted by atomic mass is 16.3. The van der Waals surface area contributed by atoms with E-state index in [-0.39, 0.29) is 23.8 Å². The minimum atomic E-state index is -0.244. The van der Waals surface area contributed by atoms with E-state index in [4.69, 9.17) is 0 Å². The molecule has 0 aromatic carbocycles. The minimum Gasteiger partial charge on any atom is -0.393 e. The van der Waals surface area contributed by atoms with E-state index in [1.54, 1.807) is 0 Å². The molecule has 5 heteroatoms. The number of rotatable bonds is 5. The van der Waals surface area contributed by atoms with Crippen LogP contribution in [0.25, 0.3) is 0 Å². The van der Waals surface area contributed by atoms with Crippen molar-refractivity contribution in [2.45, 2.75) is 58.5 Å². The normalized spacial score (nSPS) is 23.8. The average Bonchev–Trinajstić information content (AvgIpc) is 2.93. The zero-order valence-corrected chi connectivity index (χ0v) is 12.6. The van der Waals surface area contributed by atoms with Crippen LogP contribution in [0.5, 0.6) is 0 Å². The van der Waals surface area contributed by atoms with Crippen LogP contribution in [0.2, 0.25) is 0 Å². The zero-order valence-electron chi connectivity index (χ0n) is 12.6. The molecular weight excluding hydrogens is 254 g/mol. The van der Waals surface area contributed by atoms with Gasteiger partial charge >= 0.3 is 0 Å². The molecule has 3 atom stereocenters. The van der Waals surface area contributed by atoms with Gasteiger partial charge in [-0.05, 0) is 38.2 Å². The third-order valence-corrected chi connectivity index (χ3v) is 4.35. The number of H-pyrrole nitrogens is 1. The summed E-state index contributed by atoms with van der Waals surface area (Å²) in [5, 5.41) is 19.8. The molecule has 0 saturated heterocycles. The number of hydrogen-bond acceptors (Lipinski definition) is 3. The van der Waals surface area contributed by atoms with E-state index >= 15 is 0 Å². The van der Waals surface area contributed by atoms with Gasteiger partial charge in [0, 0.05) is 24.6 Å². The maximum absolute atomic E-state index is 12.0. The van der Waals surface area contributed by atoms with E-state index < -0.39 is 0 Å². The van der Waals surface area contributed by atoms with Crippen LogP contribution in [0.4, 0.5) is 0 Å². The molecule has 1 fully saturated rings. The summed E-state index contributed by atoms with van der Waals surface area (Å²) in [5.74, 6) is 0.436. The number of hydrogen-bond donors (Lipinski definition) is 3. The van der Waals surface area contributed by atoms with Gasteiger partial charge in [-0.25, -0.2) is 0 Å². The van der Waals surface area contributed by atoms with Gasteiger partial charge in [0.2, 0.25) is 5.91 Å². The van der Waals surface area contributed by atoms with E-state index in [0.717, 1.165) is 36.2 Å². The van der Waals surface area contributed by atoms with Crippen LogP contribution >= 0.6 is 0 Å². The van der Waals surface area contributed by atoms with E-state index in [1.165, 1.54) is 0 Å². The van der Waals surface area contributed by atoms with Crippen molar-refractivity contribution < 1.29 is 9.90 Å². The van der Waals surface area contributed by atoms with Crippen LogP contribution in [0.1, 0.15) is 55.5 Å². The van der Waals surface area contributed by atoms with Crippen molar-refractivity contribution in [3.8, 4) is 0 Å².